The van der Waals surface area contributed by atoms with Crippen LogP contribution in [0.1, 0.15) is 11.3 Å². The Bertz CT molecular complexity index is 3690. The van der Waals surface area contributed by atoms with E-state index < -0.39 is 0 Å². The molecule has 0 saturated heterocycles. The average Bonchev–Trinajstić information content (AvgIpc) is 3.86. The third kappa shape index (κ3) is 5.57. The summed E-state index contributed by atoms with van der Waals surface area (Å²) >= 11 is 0. The van der Waals surface area contributed by atoms with Crippen LogP contribution in [-0.2, 0) is 0 Å². The highest BCUT2D eigenvalue weighted by atomic mass is 16.3. The van der Waals surface area contributed by atoms with Gasteiger partial charge < -0.3 is 8.83 Å². The molecule has 0 aliphatic carbocycles. The molecule has 0 N–H and O–H groups in total. The molecule has 0 saturated carbocycles. The van der Waals surface area contributed by atoms with Crippen molar-refractivity contribution in [2.24, 2.45) is 0 Å². The summed E-state index contributed by atoms with van der Waals surface area (Å²) in [6, 6.07) is 70.1. The lowest BCUT2D eigenvalue weighted by atomic mass is 9.85. The molecule has 0 amide bonds. The van der Waals surface area contributed by atoms with Crippen molar-refractivity contribution < 1.29 is 8.83 Å². The van der Waals surface area contributed by atoms with E-state index in [0.29, 0.717) is 0 Å². The summed E-state index contributed by atoms with van der Waals surface area (Å²) in [5.74, 6) is 0.903. The lowest BCUT2D eigenvalue weighted by Crippen LogP contribution is -1.91. The van der Waals surface area contributed by atoms with Gasteiger partial charge in [0.05, 0.1) is 0 Å². The normalized spacial score (nSPS) is 11.8. The number of furan rings is 2. The van der Waals surface area contributed by atoms with Gasteiger partial charge in [-0.1, -0.05) is 164 Å². The van der Waals surface area contributed by atoms with E-state index in [-0.39, 0.29) is 0 Å². The largest absolute Gasteiger partial charge is 0.461 e. The summed E-state index contributed by atoms with van der Waals surface area (Å²) in [5.41, 5.74) is 15.5. The van der Waals surface area contributed by atoms with Crippen molar-refractivity contribution in [1.82, 2.24) is 0 Å². The van der Waals surface area contributed by atoms with Gasteiger partial charge in [0.1, 0.15) is 22.5 Å². The molecule has 0 radical (unpaired) electrons. The molecule has 10 aromatic carbocycles. The van der Waals surface area contributed by atoms with Crippen molar-refractivity contribution in [3.05, 3.63) is 212 Å². The summed E-state index contributed by atoms with van der Waals surface area (Å²) in [6.45, 7) is 6.14. The zero-order valence-corrected chi connectivity index (χ0v) is 33.6. The fourth-order valence-electron chi connectivity index (χ4n) is 9.82. The van der Waals surface area contributed by atoms with Crippen LogP contribution in [0, 0.1) is 6.92 Å². The number of rotatable bonds is 6. The Balaban J connectivity index is 1.00. The highest BCUT2D eigenvalue weighted by Gasteiger charge is 2.20. The van der Waals surface area contributed by atoms with E-state index in [0.717, 1.165) is 66.7 Å². The minimum absolute atomic E-state index is 0.882. The van der Waals surface area contributed by atoms with E-state index in [4.69, 9.17) is 8.83 Å². The van der Waals surface area contributed by atoms with E-state index in [1.807, 2.05) is 6.08 Å². The predicted molar refractivity (Wildman–Crippen MR) is 258 cm³/mol. The van der Waals surface area contributed by atoms with Gasteiger partial charge in [0.25, 0.3) is 0 Å². The zero-order valence-electron chi connectivity index (χ0n) is 33.6. The van der Waals surface area contributed by atoms with Crippen molar-refractivity contribution in [3.8, 4) is 55.6 Å². The molecule has 0 fully saturated rings. The Hall–Kier alpha value is -7.94. The van der Waals surface area contributed by atoms with Crippen LogP contribution in [0.2, 0.25) is 0 Å². The quantitative estimate of drug-likeness (QED) is 0.157. The van der Waals surface area contributed by atoms with Gasteiger partial charge in [-0.05, 0) is 137 Å². The predicted octanol–water partition coefficient (Wildman–Crippen LogP) is 17.1. The molecule has 61 heavy (non-hydrogen) atoms. The maximum atomic E-state index is 6.36. The van der Waals surface area contributed by atoms with Crippen molar-refractivity contribution >= 4 is 71.3 Å². The summed E-state index contributed by atoms with van der Waals surface area (Å²) < 4.78 is 12.7. The Morgan fingerprint density at radius 1 is 0.361 bits per heavy atom. The maximum absolute atomic E-state index is 6.36. The minimum atomic E-state index is 0.882. The number of benzene rings is 10. The lowest BCUT2D eigenvalue weighted by Gasteiger charge is -2.18. The third-order valence-corrected chi connectivity index (χ3v) is 12.6. The second kappa shape index (κ2) is 13.8. The fourth-order valence-corrected chi connectivity index (χ4v) is 9.82. The third-order valence-electron chi connectivity index (χ3n) is 12.6. The van der Waals surface area contributed by atoms with Crippen LogP contribution in [0.3, 0.4) is 0 Å². The monoisotopic (exact) mass is 778 g/mol. The van der Waals surface area contributed by atoms with E-state index in [2.05, 4.69) is 208 Å². The molecule has 0 spiro atoms. The van der Waals surface area contributed by atoms with Crippen LogP contribution in [-0.4, -0.2) is 0 Å². The average molecular weight is 779 g/mol. The van der Waals surface area contributed by atoms with Gasteiger partial charge in [0.15, 0.2) is 0 Å². The van der Waals surface area contributed by atoms with Crippen LogP contribution in [0.4, 0.5) is 0 Å². The molecule has 0 aliphatic rings. The van der Waals surface area contributed by atoms with Gasteiger partial charge in [-0.15, -0.1) is 0 Å². The second-order valence-corrected chi connectivity index (χ2v) is 16.0. The lowest BCUT2D eigenvalue weighted by molar-refractivity contribution is 0.580. The van der Waals surface area contributed by atoms with Gasteiger partial charge >= 0.3 is 0 Å². The van der Waals surface area contributed by atoms with Crippen LogP contribution < -0.4 is 0 Å². The maximum Gasteiger partial charge on any atom is 0.136 e. The molecule has 0 atom stereocenters. The van der Waals surface area contributed by atoms with E-state index in [1.165, 1.54) is 65.5 Å². The minimum Gasteiger partial charge on any atom is -0.461 e. The van der Waals surface area contributed by atoms with Crippen molar-refractivity contribution in [2.45, 2.75) is 6.92 Å². The SMILES string of the molecule is C=Cc1ccccc1-c1c(C)oc2ccc(-c3cccc(-c4c5ccccc5c(-c5cccc(-c6ccc7oc8ccc9ccccc9c8c7c6)c5)c5ccccc45)c3)cc12. The van der Waals surface area contributed by atoms with E-state index in [9.17, 15) is 0 Å². The van der Waals surface area contributed by atoms with E-state index in [1.54, 1.807) is 0 Å². The Morgan fingerprint density at radius 3 is 1.48 bits per heavy atom. The molecule has 2 heteroatoms. The standard InChI is InChI=1S/C59H38O2/c1-3-37-14-4-6-20-45(37)56-36(2)60-53-29-27-41(34-51(53)56)39-16-12-18-43(32-39)57-47-22-8-10-24-49(47)58(50-25-11-9-23-48(50)57)44-19-13-17-40(33-44)42-28-30-54-52(35-42)59-46-21-7-5-15-38(46)26-31-55(59)61-54/h3-35H,1H2,2H3. The molecule has 0 unspecified atom stereocenters. The molecule has 2 heterocycles. The van der Waals surface area contributed by atoms with Gasteiger partial charge in [-0.25, -0.2) is 0 Å². The van der Waals surface area contributed by atoms with Crippen molar-refractivity contribution in [2.75, 3.05) is 0 Å². The number of aryl methyl sites for hydroxylation is 1. The Kier molecular flexibility index (Phi) is 7.95. The van der Waals surface area contributed by atoms with E-state index >= 15 is 0 Å². The highest BCUT2D eigenvalue weighted by molar-refractivity contribution is 6.22. The van der Waals surface area contributed by atoms with Crippen LogP contribution in [0.5, 0.6) is 0 Å². The molecule has 0 aliphatic heterocycles. The van der Waals surface area contributed by atoms with Gasteiger partial charge in [0, 0.05) is 21.7 Å². The summed E-state index contributed by atoms with van der Waals surface area (Å²) in [6.07, 6.45) is 1.92. The molecule has 2 aromatic heterocycles. The topological polar surface area (TPSA) is 26.3 Å². The smallest absolute Gasteiger partial charge is 0.136 e. The highest BCUT2D eigenvalue weighted by Crippen LogP contribution is 2.46. The van der Waals surface area contributed by atoms with Gasteiger partial charge in [0.2, 0.25) is 0 Å². The fraction of sp³-hybridized carbons (Fsp3) is 0.0169. The Labute approximate surface area is 353 Å². The molecular weight excluding hydrogens is 741 g/mol. The first-order valence-electron chi connectivity index (χ1n) is 20.9. The molecule has 0 bridgehead atoms. The molecular formula is C59H38O2. The molecule has 286 valence electrons. The number of hydrogen-bond acceptors (Lipinski definition) is 2. The number of hydrogen-bond donors (Lipinski definition) is 0. The van der Waals surface area contributed by atoms with Crippen LogP contribution >= 0.6 is 0 Å². The first-order valence-corrected chi connectivity index (χ1v) is 20.9. The molecule has 2 nitrogen and oxygen atoms in total. The van der Waals surface area contributed by atoms with Gasteiger partial charge in [-0.2, -0.15) is 0 Å². The van der Waals surface area contributed by atoms with Crippen molar-refractivity contribution in [1.29, 1.82) is 0 Å². The van der Waals surface area contributed by atoms with Crippen molar-refractivity contribution in [3.63, 3.8) is 0 Å². The molecule has 12 aromatic rings. The summed E-state index contributed by atoms with van der Waals surface area (Å²) in [5, 5.41) is 10.7. The zero-order chi connectivity index (χ0) is 40.6. The molecule has 12 rings (SSSR count). The second-order valence-electron chi connectivity index (χ2n) is 16.0. The van der Waals surface area contributed by atoms with Gasteiger partial charge in [-0.3, -0.25) is 0 Å². The number of fused-ring (bicyclic) bond motifs is 8. The summed E-state index contributed by atoms with van der Waals surface area (Å²) in [4.78, 5) is 0. The van der Waals surface area contributed by atoms with Crippen LogP contribution in [0.15, 0.2) is 210 Å². The van der Waals surface area contributed by atoms with Crippen LogP contribution in [0.25, 0.3) is 127 Å². The first kappa shape index (κ1) is 35.0. The summed E-state index contributed by atoms with van der Waals surface area (Å²) in [7, 11) is 0. The Morgan fingerprint density at radius 2 is 0.852 bits per heavy atom. The first-order chi connectivity index (χ1) is 30.1.